The maximum atomic E-state index is 6.42. The van der Waals surface area contributed by atoms with Gasteiger partial charge in [-0.1, -0.05) is 65.6 Å². The number of furan rings is 1. The van der Waals surface area contributed by atoms with Gasteiger partial charge in [0.15, 0.2) is 0 Å². The van der Waals surface area contributed by atoms with E-state index in [9.17, 15) is 0 Å². The molecule has 0 spiro atoms. The number of aryl methyl sites for hydroxylation is 3. The topological polar surface area (TPSA) is 38.9 Å². The molecule has 4 aromatic carbocycles. The number of pyridine rings is 2. The minimum absolute atomic E-state index is 0. The van der Waals surface area contributed by atoms with Crippen LogP contribution in [0.4, 0.5) is 0 Å². The molecule has 1 radical (unpaired) electrons. The molecule has 0 saturated heterocycles. The van der Waals surface area contributed by atoms with Crippen LogP contribution in [0, 0.1) is 32.9 Å². The van der Waals surface area contributed by atoms with Crippen molar-refractivity contribution in [3.05, 3.63) is 142 Å². The molecule has 0 amide bonds. The number of benzene rings is 4. The van der Waals surface area contributed by atoms with E-state index in [4.69, 9.17) is 9.40 Å². The second-order valence-electron chi connectivity index (χ2n) is 12.4. The maximum Gasteiger partial charge on any atom is 0.124 e. The van der Waals surface area contributed by atoms with Gasteiger partial charge in [0.2, 0.25) is 0 Å². The third kappa shape index (κ3) is 5.67. The van der Waals surface area contributed by atoms with E-state index < -0.39 is 0 Å². The minimum atomic E-state index is 0. The quantitative estimate of drug-likeness (QED) is 0.164. The van der Waals surface area contributed by atoms with Gasteiger partial charge in [0.25, 0.3) is 0 Å². The Bertz CT molecular complexity index is 2330. The molecular formula is C43H34IrN2O-2. The van der Waals surface area contributed by atoms with Crippen molar-refractivity contribution in [3.63, 3.8) is 0 Å². The summed E-state index contributed by atoms with van der Waals surface area (Å²) in [6.45, 7) is 6.27. The van der Waals surface area contributed by atoms with Crippen LogP contribution in [0.25, 0.3) is 67.4 Å². The van der Waals surface area contributed by atoms with Gasteiger partial charge >= 0.3 is 0 Å². The van der Waals surface area contributed by atoms with Gasteiger partial charge in [0.1, 0.15) is 5.58 Å². The molecule has 2 aliphatic rings. The Morgan fingerprint density at radius 2 is 1.40 bits per heavy atom. The van der Waals surface area contributed by atoms with Crippen LogP contribution < -0.4 is 0 Å². The molecule has 7 aromatic rings. The van der Waals surface area contributed by atoms with Crippen LogP contribution in [0.15, 0.2) is 95.7 Å². The summed E-state index contributed by atoms with van der Waals surface area (Å²) < 4.78 is 6.42. The second kappa shape index (κ2) is 12.9. The van der Waals surface area contributed by atoms with Crippen molar-refractivity contribution in [1.29, 1.82) is 0 Å². The average molecular weight is 787 g/mol. The molecule has 3 aromatic heterocycles. The largest absolute Gasteiger partial charge is 0.476 e. The van der Waals surface area contributed by atoms with E-state index in [1.54, 1.807) is 5.56 Å². The first kappa shape index (κ1) is 31.0. The third-order valence-electron chi connectivity index (χ3n) is 9.38. The number of rotatable bonds is 2. The Labute approximate surface area is 289 Å². The van der Waals surface area contributed by atoms with E-state index >= 15 is 0 Å². The van der Waals surface area contributed by atoms with Crippen molar-refractivity contribution in [2.24, 2.45) is 0 Å². The van der Waals surface area contributed by atoms with Crippen LogP contribution in [0.2, 0.25) is 0 Å². The summed E-state index contributed by atoms with van der Waals surface area (Å²) in [5.74, 6) is 0. The van der Waals surface area contributed by atoms with E-state index in [0.29, 0.717) is 0 Å². The number of hydrogen-bond donors (Lipinski definition) is 0. The first-order valence-electron chi connectivity index (χ1n) is 16.1. The van der Waals surface area contributed by atoms with Gasteiger partial charge in [-0.05, 0) is 113 Å². The zero-order valence-corrected chi connectivity index (χ0v) is 29.2. The van der Waals surface area contributed by atoms with Crippen LogP contribution in [-0.2, 0) is 32.9 Å². The summed E-state index contributed by atoms with van der Waals surface area (Å²) in [6, 6.07) is 29.3. The fourth-order valence-electron chi connectivity index (χ4n) is 6.86. The molecule has 0 bridgehead atoms. The number of nitrogens with zero attached hydrogens (tertiary/aromatic N) is 2. The Morgan fingerprint density at radius 1 is 0.660 bits per heavy atom. The second-order valence-corrected chi connectivity index (χ2v) is 12.4. The van der Waals surface area contributed by atoms with Crippen LogP contribution in [0.1, 0.15) is 51.8 Å². The summed E-state index contributed by atoms with van der Waals surface area (Å²) >= 11 is 0. The van der Waals surface area contributed by atoms with Crippen LogP contribution in [-0.4, -0.2) is 9.97 Å². The summed E-state index contributed by atoms with van der Waals surface area (Å²) in [6.07, 6.45) is 17.6. The van der Waals surface area contributed by atoms with Crippen LogP contribution in [0.3, 0.4) is 0 Å². The average Bonchev–Trinajstić information content (AvgIpc) is 3.48. The molecule has 9 rings (SSSR count). The molecule has 3 heterocycles. The minimum Gasteiger partial charge on any atom is -0.476 e. The number of allylic oxidation sites excluding steroid dienone is 2. The Morgan fingerprint density at radius 3 is 2.09 bits per heavy atom. The fourth-order valence-corrected chi connectivity index (χ4v) is 6.86. The van der Waals surface area contributed by atoms with Crippen LogP contribution >= 0.6 is 0 Å². The normalized spacial score (nSPS) is 13.2. The molecule has 0 unspecified atom stereocenters. The third-order valence-corrected chi connectivity index (χ3v) is 9.38. The van der Waals surface area contributed by atoms with Gasteiger partial charge in [0.05, 0.1) is 5.58 Å². The molecule has 47 heavy (non-hydrogen) atoms. The molecular weight excluding hydrogens is 753 g/mol. The van der Waals surface area contributed by atoms with Crippen molar-refractivity contribution in [3.8, 4) is 22.5 Å². The van der Waals surface area contributed by atoms with Crippen molar-refractivity contribution >= 4 is 44.9 Å². The molecule has 3 nitrogen and oxygen atoms in total. The van der Waals surface area contributed by atoms with E-state index in [0.717, 1.165) is 70.1 Å². The predicted molar refractivity (Wildman–Crippen MR) is 191 cm³/mol. The van der Waals surface area contributed by atoms with E-state index in [1.165, 1.54) is 44.2 Å². The molecule has 2 aliphatic carbocycles. The van der Waals surface area contributed by atoms with Gasteiger partial charge < -0.3 is 14.4 Å². The predicted octanol–water partition coefficient (Wildman–Crippen LogP) is 11.0. The Kier molecular flexibility index (Phi) is 8.49. The molecule has 0 atom stereocenters. The van der Waals surface area contributed by atoms with Crippen molar-refractivity contribution < 1.29 is 24.5 Å². The van der Waals surface area contributed by atoms with Gasteiger partial charge in [-0.3, -0.25) is 0 Å². The Balaban J connectivity index is 0.000000212. The summed E-state index contributed by atoms with van der Waals surface area (Å²) in [4.78, 5) is 9.06. The van der Waals surface area contributed by atoms with Crippen LogP contribution in [0.5, 0.6) is 0 Å². The van der Waals surface area contributed by atoms with Gasteiger partial charge in [-0.25, -0.2) is 0 Å². The summed E-state index contributed by atoms with van der Waals surface area (Å²) in [5, 5.41) is 4.87. The van der Waals surface area contributed by atoms with Crippen molar-refractivity contribution in [2.75, 3.05) is 0 Å². The summed E-state index contributed by atoms with van der Waals surface area (Å²) in [5.41, 5.74) is 15.3. The van der Waals surface area contributed by atoms with Gasteiger partial charge in [-0.15, -0.1) is 53.6 Å². The summed E-state index contributed by atoms with van der Waals surface area (Å²) in [7, 11) is 0. The SMILES string of the molecule is Cc1ccc(-c2[c-]cccc2)nc1.Cc1cnc(-c2[c-]ccc3oc4cc5c6c(c7c(c5cc4c23)C=CCC7)CCC=C6)cc1C.[Ir]. The first-order valence-corrected chi connectivity index (χ1v) is 16.1. The molecule has 233 valence electrons. The smallest absolute Gasteiger partial charge is 0.124 e. The van der Waals surface area contributed by atoms with Crippen molar-refractivity contribution in [1.82, 2.24) is 9.97 Å². The van der Waals surface area contributed by atoms with E-state index in [-0.39, 0.29) is 20.1 Å². The maximum absolute atomic E-state index is 6.42. The zero-order valence-electron chi connectivity index (χ0n) is 26.8. The molecule has 0 aliphatic heterocycles. The standard InChI is InChI=1S/C31H24NO.C12H10N.Ir/c1-18-14-28(32-17-19(18)2)24-12-7-13-29-31(24)27-15-25-22-10-5-3-8-20(22)21-9-4-6-11-23(21)26(25)16-30(27)33-29;1-10-7-8-12(13-9-10)11-5-3-2-4-6-11;/h5-7,10-11,13-17H,3-4,8-9H2,1-2H3;2-5,7-9H,1H3;/q2*-1;. The molecule has 0 saturated carbocycles. The first-order chi connectivity index (χ1) is 22.5. The number of fused-ring (bicyclic) bond motifs is 9. The molecule has 0 N–H and O–H groups in total. The van der Waals surface area contributed by atoms with Gasteiger partial charge in [0, 0.05) is 32.5 Å². The molecule has 4 heteroatoms. The number of hydrogen-bond acceptors (Lipinski definition) is 3. The van der Waals surface area contributed by atoms with E-state index in [2.05, 4.69) is 79.5 Å². The Hall–Kier alpha value is -4.63. The molecule has 0 fully saturated rings. The monoisotopic (exact) mass is 787 g/mol. The zero-order chi connectivity index (χ0) is 31.2. The van der Waals surface area contributed by atoms with E-state index in [1.807, 2.05) is 61.8 Å². The fraction of sp³-hybridized carbons (Fsp3) is 0.163. The number of aromatic nitrogens is 2. The van der Waals surface area contributed by atoms with Crippen molar-refractivity contribution in [2.45, 2.75) is 46.5 Å². The van der Waals surface area contributed by atoms with Gasteiger partial charge in [-0.2, -0.15) is 0 Å².